The van der Waals surface area contributed by atoms with Gasteiger partial charge in [-0.3, -0.25) is 4.79 Å². The van der Waals surface area contributed by atoms with E-state index in [0.717, 1.165) is 47.1 Å². The molecule has 7 heteroatoms. The van der Waals surface area contributed by atoms with Gasteiger partial charge >= 0.3 is 0 Å². The Morgan fingerprint density at radius 2 is 1.78 bits per heavy atom. The number of nitrogens with zero attached hydrogens (tertiary/aromatic N) is 4. The number of hydrogen-bond donors (Lipinski definition) is 1. The number of anilines is 1. The molecular weight excluding hydrogens is 405 g/mol. The van der Waals surface area contributed by atoms with Gasteiger partial charge in [0, 0.05) is 37.1 Å². The Labute approximate surface area is 188 Å². The molecule has 0 atom stereocenters. The van der Waals surface area contributed by atoms with Crippen molar-refractivity contribution < 1.29 is 9.18 Å². The van der Waals surface area contributed by atoms with Gasteiger partial charge in [-0.2, -0.15) is 5.10 Å². The fourth-order valence-electron chi connectivity index (χ4n) is 4.23. The van der Waals surface area contributed by atoms with Crippen molar-refractivity contribution in [2.75, 3.05) is 18.0 Å². The molecule has 1 saturated heterocycles. The highest BCUT2D eigenvalue weighted by atomic mass is 19.1. The van der Waals surface area contributed by atoms with E-state index in [1.807, 2.05) is 26.1 Å². The van der Waals surface area contributed by atoms with Gasteiger partial charge in [0.25, 0.3) is 0 Å². The molecule has 1 aliphatic rings. The number of nitrogens with one attached hydrogen (secondary N) is 1. The molecule has 0 radical (unpaired) electrons. The van der Waals surface area contributed by atoms with E-state index in [1.165, 1.54) is 37.8 Å². The number of amides is 1. The molecule has 168 valence electrons. The molecule has 0 unspecified atom stereocenters. The molecule has 6 nitrogen and oxygen atoms in total. The number of rotatable bonds is 6. The van der Waals surface area contributed by atoms with E-state index in [1.54, 1.807) is 16.8 Å². The van der Waals surface area contributed by atoms with Crippen molar-refractivity contribution in [3.05, 3.63) is 70.9 Å². The lowest BCUT2D eigenvalue weighted by molar-refractivity contribution is -0.120. The first-order chi connectivity index (χ1) is 15.5. The van der Waals surface area contributed by atoms with Gasteiger partial charge in [0.1, 0.15) is 11.6 Å². The molecule has 3 heterocycles. The Morgan fingerprint density at radius 3 is 2.50 bits per heavy atom. The van der Waals surface area contributed by atoms with E-state index in [2.05, 4.69) is 26.4 Å². The first kappa shape index (κ1) is 22.0. The zero-order valence-electron chi connectivity index (χ0n) is 18.8. The number of aromatic nitrogens is 3. The van der Waals surface area contributed by atoms with Crippen LogP contribution < -0.4 is 10.2 Å². The summed E-state index contributed by atoms with van der Waals surface area (Å²) in [5, 5.41) is 7.58. The van der Waals surface area contributed by atoms with Crippen LogP contribution in [0.3, 0.4) is 0 Å². The van der Waals surface area contributed by atoms with Crippen molar-refractivity contribution in [1.29, 1.82) is 0 Å². The topological polar surface area (TPSA) is 63.1 Å². The monoisotopic (exact) mass is 435 g/mol. The van der Waals surface area contributed by atoms with Crippen LogP contribution in [0.1, 0.15) is 48.2 Å². The zero-order valence-corrected chi connectivity index (χ0v) is 18.8. The van der Waals surface area contributed by atoms with Gasteiger partial charge in [0.05, 0.1) is 17.8 Å². The fraction of sp³-hybridized carbons (Fsp3) is 0.400. The van der Waals surface area contributed by atoms with Gasteiger partial charge in [-0.05, 0) is 68.7 Å². The maximum atomic E-state index is 13.2. The predicted octanol–water partition coefficient (Wildman–Crippen LogP) is 4.26. The summed E-state index contributed by atoms with van der Waals surface area (Å²) in [6, 6.07) is 10.2. The van der Waals surface area contributed by atoms with Crippen molar-refractivity contribution in [3.63, 3.8) is 0 Å². The van der Waals surface area contributed by atoms with Crippen LogP contribution in [0, 0.1) is 19.7 Å². The summed E-state index contributed by atoms with van der Waals surface area (Å²) in [5.74, 6) is 0.652. The van der Waals surface area contributed by atoms with Crippen LogP contribution in [0.5, 0.6) is 0 Å². The highest BCUT2D eigenvalue weighted by Crippen LogP contribution is 2.20. The highest BCUT2D eigenvalue weighted by Gasteiger charge is 2.16. The number of hydrogen-bond acceptors (Lipinski definition) is 4. The molecule has 1 amide bonds. The van der Waals surface area contributed by atoms with Crippen LogP contribution in [0.25, 0.3) is 5.69 Å². The van der Waals surface area contributed by atoms with E-state index in [4.69, 9.17) is 0 Å². The second kappa shape index (κ2) is 9.94. The summed E-state index contributed by atoms with van der Waals surface area (Å²) in [5.41, 5.74) is 4.40. The van der Waals surface area contributed by atoms with Gasteiger partial charge in [-0.1, -0.05) is 12.8 Å². The van der Waals surface area contributed by atoms with Crippen LogP contribution in [0.15, 0.2) is 42.6 Å². The Balaban J connectivity index is 1.39. The van der Waals surface area contributed by atoms with Crippen LogP contribution in [0.2, 0.25) is 0 Å². The van der Waals surface area contributed by atoms with E-state index >= 15 is 0 Å². The van der Waals surface area contributed by atoms with Gasteiger partial charge in [-0.15, -0.1) is 0 Å². The first-order valence-electron chi connectivity index (χ1n) is 11.3. The van der Waals surface area contributed by atoms with Crippen molar-refractivity contribution in [1.82, 2.24) is 20.1 Å². The molecule has 1 fully saturated rings. The van der Waals surface area contributed by atoms with Crippen LogP contribution in [0.4, 0.5) is 10.2 Å². The van der Waals surface area contributed by atoms with Crippen molar-refractivity contribution in [2.24, 2.45) is 0 Å². The lowest BCUT2D eigenvalue weighted by Gasteiger charge is -2.21. The van der Waals surface area contributed by atoms with Gasteiger partial charge < -0.3 is 10.2 Å². The molecule has 1 N–H and O–H groups in total. The third-order valence-corrected chi connectivity index (χ3v) is 6.08. The number of pyridine rings is 1. The summed E-state index contributed by atoms with van der Waals surface area (Å²) in [6.45, 7) is 6.37. The molecule has 2 aromatic heterocycles. The molecule has 32 heavy (non-hydrogen) atoms. The number of aryl methyl sites for hydroxylation is 1. The lowest BCUT2D eigenvalue weighted by Crippen LogP contribution is -2.26. The molecule has 0 spiro atoms. The van der Waals surface area contributed by atoms with E-state index in [0.29, 0.717) is 6.54 Å². The van der Waals surface area contributed by atoms with Gasteiger partial charge in [0.15, 0.2) is 0 Å². The number of benzene rings is 1. The van der Waals surface area contributed by atoms with E-state index in [-0.39, 0.29) is 18.1 Å². The summed E-state index contributed by atoms with van der Waals surface area (Å²) in [4.78, 5) is 19.6. The SMILES string of the molecule is Cc1nn(-c2ccc(F)cc2)c(C)c1CC(=O)NCc1ccnc(N2CCCCCC2)c1. The van der Waals surface area contributed by atoms with Gasteiger partial charge in [-0.25, -0.2) is 14.1 Å². The number of carbonyl (C=O) groups excluding carboxylic acids is 1. The molecule has 4 rings (SSSR count). The minimum atomic E-state index is -0.287. The largest absolute Gasteiger partial charge is 0.357 e. The standard InChI is InChI=1S/C25H30FN5O/c1-18-23(19(2)31(29-18)22-9-7-21(26)8-10-22)16-25(32)28-17-20-11-12-27-24(15-20)30-13-5-3-4-6-14-30/h7-12,15H,3-6,13-14,16-17H2,1-2H3,(H,28,32). The predicted molar refractivity (Wildman–Crippen MR) is 123 cm³/mol. The molecular formula is C25H30FN5O. The third-order valence-electron chi connectivity index (χ3n) is 6.08. The first-order valence-corrected chi connectivity index (χ1v) is 11.3. The van der Waals surface area contributed by atoms with Crippen LogP contribution in [-0.2, 0) is 17.8 Å². The Hall–Kier alpha value is -3.22. The van der Waals surface area contributed by atoms with Crippen molar-refractivity contribution in [2.45, 2.75) is 52.5 Å². The molecule has 1 aliphatic heterocycles. The second-order valence-corrected chi connectivity index (χ2v) is 8.41. The summed E-state index contributed by atoms with van der Waals surface area (Å²) < 4.78 is 15.0. The minimum Gasteiger partial charge on any atom is -0.357 e. The zero-order chi connectivity index (χ0) is 22.5. The average Bonchev–Trinajstić information content (AvgIpc) is 2.98. The Morgan fingerprint density at radius 1 is 1.06 bits per heavy atom. The maximum Gasteiger partial charge on any atom is 0.224 e. The summed E-state index contributed by atoms with van der Waals surface area (Å²) >= 11 is 0. The highest BCUT2D eigenvalue weighted by molar-refractivity contribution is 5.79. The molecule has 3 aromatic rings. The third kappa shape index (κ3) is 5.15. The maximum absolute atomic E-state index is 13.2. The average molecular weight is 436 g/mol. The lowest BCUT2D eigenvalue weighted by atomic mass is 10.1. The smallest absolute Gasteiger partial charge is 0.224 e. The molecule has 1 aromatic carbocycles. The fourth-order valence-corrected chi connectivity index (χ4v) is 4.23. The van der Waals surface area contributed by atoms with Crippen LogP contribution >= 0.6 is 0 Å². The van der Waals surface area contributed by atoms with Crippen molar-refractivity contribution >= 4 is 11.7 Å². The second-order valence-electron chi connectivity index (χ2n) is 8.41. The molecule has 0 aliphatic carbocycles. The molecule has 0 saturated carbocycles. The molecule has 0 bridgehead atoms. The van der Waals surface area contributed by atoms with Gasteiger partial charge in [0.2, 0.25) is 5.91 Å². The summed E-state index contributed by atoms with van der Waals surface area (Å²) in [6.07, 6.45) is 7.04. The van der Waals surface area contributed by atoms with Crippen molar-refractivity contribution in [3.8, 4) is 5.69 Å². The minimum absolute atomic E-state index is 0.0528. The Kier molecular flexibility index (Phi) is 6.83. The van der Waals surface area contributed by atoms with Crippen LogP contribution in [-0.4, -0.2) is 33.8 Å². The normalized spacial score (nSPS) is 14.3. The quantitative estimate of drug-likeness (QED) is 0.628. The summed E-state index contributed by atoms with van der Waals surface area (Å²) in [7, 11) is 0. The Bertz CT molecular complexity index is 1070. The number of carbonyl (C=O) groups is 1. The van der Waals surface area contributed by atoms with E-state index in [9.17, 15) is 9.18 Å². The number of halogens is 1. The van der Waals surface area contributed by atoms with E-state index < -0.39 is 0 Å².